The zero-order valence-corrected chi connectivity index (χ0v) is 13.9. The van der Waals surface area contributed by atoms with Crippen molar-refractivity contribution in [3.8, 4) is 0 Å². The zero-order chi connectivity index (χ0) is 15.1. The molecule has 6 heteroatoms. The van der Waals surface area contributed by atoms with Gasteiger partial charge in [0.15, 0.2) is 0 Å². The third-order valence-electron chi connectivity index (χ3n) is 2.78. The number of hydrogen-bond donors (Lipinski definition) is 0. The molecule has 0 aliphatic heterocycles. The maximum atomic E-state index is 12.1. The molecule has 2 aromatic rings. The van der Waals surface area contributed by atoms with E-state index in [1.807, 2.05) is 44.4 Å². The fourth-order valence-electron chi connectivity index (χ4n) is 1.83. The number of amides is 1. The molecular weight excluding hydrogens is 322 g/mol. The monoisotopic (exact) mass is 339 g/mol. The Hall–Kier alpha value is -1.56. The van der Waals surface area contributed by atoms with Gasteiger partial charge in [0.2, 0.25) is 0 Å². The second kappa shape index (κ2) is 5.09. The molecule has 0 radical (unpaired) electrons. The topological polar surface area (TPSA) is 46.8 Å². The molecule has 2 heterocycles. The molecule has 0 fully saturated rings. The Bertz CT molecular complexity index is 658. The van der Waals surface area contributed by atoms with Crippen LogP contribution < -0.4 is 4.90 Å². The molecule has 0 atom stereocenters. The van der Waals surface area contributed by atoms with Crippen LogP contribution in [0.15, 0.2) is 23.1 Å². The minimum atomic E-state index is -0.514. The van der Waals surface area contributed by atoms with E-state index in [4.69, 9.17) is 4.74 Å². The van der Waals surface area contributed by atoms with Crippen LogP contribution >= 0.6 is 15.9 Å². The predicted octanol–water partition coefficient (Wildman–Crippen LogP) is 3.78. The summed E-state index contributed by atoms with van der Waals surface area (Å²) in [6, 6.07) is 1.92. The molecule has 0 saturated heterocycles. The van der Waals surface area contributed by atoms with Gasteiger partial charge in [0.05, 0.1) is 11.9 Å². The molecule has 5 nitrogen and oxygen atoms in total. The second-order valence-electron chi connectivity index (χ2n) is 5.70. The molecule has 0 N–H and O–H groups in total. The molecule has 0 spiro atoms. The van der Waals surface area contributed by atoms with Gasteiger partial charge >= 0.3 is 6.09 Å². The SMILES string of the molecule is Cc1cc(N(C)C(=O)OC(C)(C)C)cn2c(Br)cnc12. The number of halogens is 1. The second-order valence-corrected chi connectivity index (χ2v) is 6.51. The van der Waals surface area contributed by atoms with Crippen molar-refractivity contribution in [3.05, 3.63) is 28.6 Å². The van der Waals surface area contributed by atoms with Gasteiger partial charge in [0, 0.05) is 13.2 Å². The fourth-order valence-corrected chi connectivity index (χ4v) is 2.20. The Kier molecular flexibility index (Phi) is 3.77. The highest BCUT2D eigenvalue weighted by Crippen LogP contribution is 2.23. The number of anilines is 1. The third-order valence-corrected chi connectivity index (χ3v) is 3.37. The maximum absolute atomic E-state index is 12.1. The van der Waals surface area contributed by atoms with Crippen molar-refractivity contribution in [2.24, 2.45) is 0 Å². The van der Waals surface area contributed by atoms with E-state index in [9.17, 15) is 4.79 Å². The van der Waals surface area contributed by atoms with Crippen LogP contribution in [0.25, 0.3) is 5.65 Å². The van der Waals surface area contributed by atoms with Crippen LogP contribution in [0.1, 0.15) is 26.3 Å². The van der Waals surface area contributed by atoms with Crippen molar-refractivity contribution in [3.63, 3.8) is 0 Å². The normalized spacial score (nSPS) is 11.7. The molecule has 2 aromatic heterocycles. The molecule has 1 amide bonds. The van der Waals surface area contributed by atoms with Crippen molar-refractivity contribution >= 4 is 33.4 Å². The Balaban J connectivity index is 2.37. The van der Waals surface area contributed by atoms with Crippen LogP contribution in [-0.2, 0) is 4.74 Å². The summed E-state index contributed by atoms with van der Waals surface area (Å²) in [5.74, 6) is 0. The minimum absolute atomic E-state index is 0.382. The van der Waals surface area contributed by atoms with Gasteiger partial charge in [-0.2, -0.15) is 0 Å². The summed E-state index contributed by atoms with van der Waals surface area (Å²) in [5.41, 5.74) is 2.09. The number of nitrogens with zero attached hydrogens (tertiary/aromatic N) is 3. The number of ether oxygens (including phenoxy) is 1. The molecule has 20 heavy (non-hydrogen) atoms. The highest BCUT2D eigenvalue weighted by Gasteiger charge is 2.21. The summed E-state index contributed by atoms with van der Waals surface area (Å²) in [7, 11) is 1.69. The highest BCUT2D eigenvalue weighted by atomic mass is 79.9. The molecule has 0 aliphatic carbocycles. The van der Waals surface area contributed by atoms with Crippen molar-refractivity contribution in [1.29, 1.82) is 0 Å². The summed E-state index contributed by atoms with van der Waals surface area (Å²) in [4.78, 5) is 17.9. The number of rotatable bonds is 1. The lowest BCUT2D eigenvalue weighted by Crippen LogP contribution is -2.34. The lowest BCUT2D eigenvalue weighted by Gasteiger charge is -2.25. The Morgan fingerprint density at radius 3 is 2.70 bits per heavy atom. The molecule has 108 valence electrons. The van der Waals surface area contributed by atoms with E-state index in [2.05, 4.69) is 20.9 Å². The van der Waals surface area contributed by atoms with Gasteiger partial charge in [-0.25, -0.2) is 9.78 Å². The molecule has 0 unspecified atom stereocenters. The zero-order valence-electron chi connectivity index (χ0n) is 12.3. The maximum Gasteiger partial charge on any atom is 0.414 e. The van der Waals surface area contributed by atoms with Gasteiger partial charge in [0.1, 0.15) is 15.9 Å². The summed E-state index contributed by atoms with van der Waals surface area (Å²) in [6.07, 6.45) is 3.20. The van der Waals surface area contributed by atoms with E-state index in [0.717, 1.165) is 21.5 Å². The van der Waals surface area contributed by atoms with E-state index >= 15 is 0 Å². The number of aromatic nitrogens is 2. The first-order valence-electron chi connectivity index (χ1n) is 6.29. The number of fused-ring (bicyclic) bond motifs is 1. The summed E-state index contributed by atoms with van der Waals surface area (Å²) < 4.78 is 8.10. The standard InChI is InChI=1S/C14H18BrN3O2/c1-9-6-10(8-18-11(15)7-16-12(9)18)17(5)13(19)20-14(2,3)4/h6-8H,1-5H3. The molecule has 0 saturated carbocycles. The average Bonchev–Trinajstić information content (AvgIpc) is 2.68. The van der Waals surface area contributed by atoms with Crippen LogP contribution in [0, 0.1) is 6.92 Å². The first kappa shape index (κ1) is 14.8. The average molecular weight is 340 g/mol. The Morgan fingerprint density at radius 1 is 1.45 bits per heavy atom. The number of pyridine rings is 1. The van der Waals surface area contributed by atoms with E-state index in [1.165, 1.54) is 4.90 Å². The molecule has 0 bridgehead atoms. The summed E-state index contributed by atoms with van der Waals surface area (Å²) >= 11 is 3.44. The lowest BCUT2D eigenvalue weighted by atomic mass is 10.2. The van der Waals surface area contributed by atoms with Crippen LogP contribution in [0.4, 0.5) is 10.5 Å². The van der Waals surface area contributed by atoms with Gasteiger partial charge in [-0.05, 0) is 55.3 Å². The minimum Gasteiger partial charge on any atom is -0.443 e. The van der Waals surface area contributed by atoms with Crippen LogP contribution in [0.3, 0.4) is 0 Å². The third kappa shape index (κ3) is 2.95. The summed E-state index contributed by atoms with van der Waals surface area (Å²) in [5, 5.41) is 0. The quantitative estimate of drug-likeness (QED) is 0.794. The molecule has 0 aromatic carbocycles. The smallest absolute Gasteiger partial charge is 0.414 e. The van der Waals surface area contributed by atoms with Gasteiger partial charge in [-0.15, -0.1) is 0 Å². The Morgan fingerprint density at radius 2 is 2.10 bits per heavy atom. The van der Waals surface area contributed by atoms with E-state index < -0.39 is 5.60 Å². The number of hydrogen-bond acceptors (Lipinski definition) is 3. The Labute approximate surface area is 126 Å². The fraction of sp³-hybridized carbons (Fsp3) is 0.429. The van der Waals surface area contributed by atoms with Crippen LogP contribution in [-0.4, -0.2) is 28.1 Å². The molecule has 2 rings (SSSR count). The van der Waals surface area contributed by atoms with E-state index in [0.29, 0.717) is 0 Å². The van der Waals surface area contributed by atoms with Crippen molar-refractivity contribution in [2.45, 2.75) is 33.3 Å². The largest absolute Gasteiger partial charge is 0.443 e. The number of carbonyl (C=O) groups is 1. The first-order chi connectivity index (χ1) is 9.19. The van der Waals surface area contributed by atoms with Crippen molar-refractivity contribution in [2.75, 3.05) is 11.9 Å². The number of carbonyl (C=O) groups excluding carboxylic acids is 1. The van der Waals surface area contributed by atoms with Gasteiger partial charge < -0.3 is 4.74 Å². The van der Waals surface area contributed by atoms with Gasteiger partial charge in [-0.3, -0.25) is 9.30 Å². The van der Waals surface area contributed by atoms with E-state index in [-0.39, 0.29) is 6.09 Å². The van der Waals surface area contributed by atoms with E-state index in [1.54, 1.807) is 13.2 Å². The van der Waals surface area contributed by atoms with Gasteiger partial charge in [-0.1, -0.05) is 0 Å². The predicted molar refractivity (Wildman–Crippen MR) is 82.3 cm³/mol. The van der Waals surface area contributed by atoms with Gasteiger partial charge in [0.25, 0.3) is 0 Å². The number of imidazole rings is 1. The number of aryl methyl sites for hydroxylation is 1. The van der Waals surface area contributed by atoms with Crippen LogP contribution in [0.2, 0.25) is 0 Å². The molecule has 0 aliphatic rings. The van der Waals surface area contributed by atoms with Crippen LogP contribution in [0.5, 0.6) is 0 Å². The first-order valence-corrected chi connectivity index (χ1v) is 7.08. The highest BCUT2D eigenvalue weighted by molar-refractivity contribution is 9.10. The molecular formula is C14H18BrN3O2. The summed E-state index contributed by atoms with van der Waals surface area (Å²) in [6.45, 7) is 7.50. The van der Waals surface area contributed by atoms with Crippen molar-refractivity contribution < 1.29 is 9.53 Å². The van der Waals surface area contributed by atoms with Crippen molar-refractivity contribution in [1.82, 2.24) is 9.38 Å². The lowest BCUT2D eigenvalue weighted by molar-refractivity contribution is 0.0589.